The molecule has 0 aliphatic heterocycles. The van der Waals surface area contributed by atoms with Gasteiger partial charge in [-0.15, -0.1) is 0 Å². The molecule has 1 amide bonds. The summed E-state index contributed by atoms with van der Waals surface area (Å²) in [7, 11) is 0. The number of hydrogen-bond acceptors (Lipinski definition) is 4. The van der Waals surface area contributed by atoms with Crippen molar-refractivity contribution < 1.29 is 13.9 Å². The van der Waals surface area contributed by atoms with Crippen LogP contribution in [-0.2, 0) is 4.79 Å². The second-order valence-electron chi connectivity index (χ2n) is 8.97. The minimum Gasteiger partial charge on any atom is -0.484 e. The number of benzene rings is 3. The average Bonchev–Trinajstić information content (AvgIpc) is 3.31. The molecule has 1 aromatic heterocycles. The van der Waals surface area contributed by atoms with Crippen molar-refractivity contribution in [3.05, 3.63) is 76.8 Å². The van der Waals surface area contributed by atoms with E-state index in [9.17, 15) is 4.79 Å². The number of oxazole rings is 1. The molecule has 4 rings (SSSR count). The SMILES string of the molecule is CC[C@@H](C)c1ccc2oc(-c3ccc(Cl)c(NC(=O)COc4ccc([C@@H](C)CC)cc4)c3)nc2c1. The average molecular weight is 491 g/mol. The van der Waals surface area contributed by atoms with E-state index < -0.39 is 0 Å². The molecule has 0 unspecified atom stereocenters. The van der Waals surface area contributed by atoms with E-state index in [4.69, 9.17) is 20.8 Å². The van der Waals surface area contributed by atoms with Crippen molar-refractivity contribution in [2.45, 2.75) is 52.4 Å². The summed E-state index contributed by atoms with van der Waals surface area (Å²) in [6.45, 7) is 8.59. The smallest absolute Gasteiger partial charge is 0.262 e. The van der Waals surface area contributed by atoms with E-state index in [-0.39, 0.29) is 12.5 Å². The Kier molecular flexibility index (Phi) is 7.76. The predicted octanol–water partition coefficient (Wildman–Crippen LogP) is 8.19. The molecule has 0 saturated heterocycles. The molecule has 0 aliphatic rings. The van der Waals surface area contributed by atoms with Gasteiger partial charge in [0.25, 0.3) is 5.91 Å². The number of amides is 1. The molecule has 5 nitrogen and oxygen atoms in total. The lowest BCUT2D eigenvalue weighted by molar-refractivity contribution is -0.118. The Bertz CT molecular complexity index is 1310. The lowest BCUT2D eigenvalue weighted by Crippen LogP contribution is -2.20. The van der Waals surface area contributed by atoms with Crippen LogP contribution in [0.3, 0.4) is 0 Å². The van der Waals surface area contributed by atoms with E-state index in [1.807, 2.05) is 36.4 Å². The molecular weight excluding hydrogens is 460 g/mol. The summed E-state index contributed by atoms with van der Waals surface area (Å²) < 4.78 is 11.6. The normalized spacial score (nSPS) is 12.9. The number of nitrogens with one attached hydrogen (secondary N) is 1. The number of anilines is 1. The van der Waals surface area contributed by atoms with Crippen LogP contribution in [0.5, 0.6) is 5.75 Å². The van der Waals surface area contributed by atoms with Crippen molar-refractivity contribution in [1.82, 2.24) is 4.98 Å². The van der Waals surface area contributed by atoms with Gasteiger partial charge in [-0.3, -0.25) is 4.79 Å². The van der Waals surface area contributed by atoms with E-state index in [1.165, 1.54) is 11.1 Å². The van der Waals surface area contributed by atoms with Crippen LogP contribution in [0.15, 0.2) is 65.1 Å². The standard InChI is InChI=1S/C29H31ClN2O3/c1-5-18(3)20-7-11-23(12-8-20)34-17-28(33)31-25-16-22(9-13-24(25)30)29-32-26-15-21(19(4)6-2)10-14-27(26)35-29/h7-16,18-19H,5-6,17H2,1-4H3,(H,31,33)/t18-,19+/m0/s1. The summed E-state index contributed by atoms with van der Waals surface area (Å²) in [5, 5.41) is 3.26. The highest BCUT2D eigenvalue weighted by atomic mass is 35.5. The zero-order valence-corrected chi connectivity index (χ0v) is 21.4. The summed E-state index contributed by atoms with van der Waals surface area (Å²) in [6.07, 6.45) is 2.13. The van der Waals surface area contributed by atoms with E-state index in [2.05, 4.69) is 50.1 Å². The van der Waals surface area contributed by atoms with Gasteiger partial charge in [-0.25, -0.2) is 4.98 Å². The topological polar surface area (TPSA) is 64.4 Å². The van der Waals surface area contributed by atoms with Crippen molar-refractivity contribution in [2.24, 2.45) is 0 Å². The van der Waals surface area contributed by atoms with Crippen LogP contribution < -0.4 is 10.1 Å². The van der Waals surface area contributed by atoms with E-state index in [1.54, 1.807) is 12.1 Å². The molecular formula is C29H31ClN2O3. The third kappa shape index (κ3) is 5.85. The quantitative estimate of drug-likeness (QED) is 0.257. The zero-order valence-electron chi connectivity index (χ0n) is 20.6. The zero-order chi connectivity index (χ0) is 24.9. The number of rotatable bonds is 9. The first-order valence-corrected chi connectivity index (χ1v) is 12.5. The van der Waals surface area contributed by atoms with Crippen molar-refractivity contribution >= 4 is 34.3 Å². The Morgan fingerprint density at radius 3 is 2.37 bits per heavy atom. The van der Waals surface area contributed by atoms with Crippen LogP contribution in [0.25, 0.3) is 22.6 Å². The molecule has 4 aromatic rings. The summed E-state index contributed by atoms with van der Waals surface area (Å²) in [5.41, 5.74) is 5.23. The maximum Gasteiger partial charge on any atom is 0.262 e. The number of carbonyl (C=O) groups excluding carboxylic acids is 1. The van der Waals surface area contributed by atoms with Gasteiger partial charge in [-0.2, -0.15) is 0 Å². The summed E-state index contributed by atoms with van der Waals surface area (Å²) in [6, 6.07) is 19.3. The van der Waals surface area contributed by atoms with Crippen molar-refractivity contribution in [3.8, 4) is 17.2 Å². The third-order valence-electron chi connectivity index (χ3n) is 6.51. The Morgan fingerprint density at radius 2 is 1.66 bits per heavy atom. The highest BCUT2D eigenvalue weighted by Gasteiger charge is 2.14. The van der Waals surface area contributed by atoms with Gasteiger partial charge in [0.2, 0.25) is 5.89 Å². The molecule has 0 fully saturated rings. The van der Waals surface area contributed by atoms with Crippen LogP contribution in [0.4, 0.5) is 5.69 Å². The Hall–Kier alpha value is -3.31. The van der Waals surface area contributed by atoms with Crippen LogP contribution in [-0.4, -0.2) is 17.5 Å². The molecule has 182 valence electrons. The van der Waals surface area contributed by atoms with Crippen LogP contribution >= 0.6 is 11.6 Å². The summed E-state index contributed by atoms with van der Waals surface area (Å²) in [5.74, 6) is 1.77. The summed E-state index contributed by atoms with van der Waals surface area (Å²) >= 11 is 6.35. The van der Waals surface area contributed by atoms with E-state index in [0.717, 1.165) is 29.5 Å². The van der Waals surface area contributed by atoms with E-state index >= 15 is 0 Å². The minimum atomic E-state index is -0.300. The molecule has 1 N–H and O–H groups in total. The maximum absolute atomic E-state index is 12.5. The molecule has 1 heterocycles. The number of halogens is 1. The molecule has 0 radical (unpaired) electrons. The fourth-order valence-corrected chi connectivity index (χ4v) is 3.99. The van der Waals surface area contributed by atoms with Gasteiger partial charge in [0, 0.05) is 5.56 Å². The number of fused-ring (bicyclic) bond motifs is 1. The van der Waals surface area contributed by atoms with E-state index in [0.29, 0.717) is 34.2 Å². The highest BCUT2D eigenvalue weighted by Crippen LogP contribution is 2.32. The Balaban J connectivity index is 1.45. The number of aromatic nitrogens is 1. The van der Waals surface area contributed by atoms with Gasteiger partial charge in [0.15, 0.2) is 12.2 Å². The second kappa shape index (κ2) is 11.0. The molecule has 0 bridgehead atoms. The number of carbonyl (C=O) groups is 1. The Labute approximate surface area is 211 Å². The van der Waals surface area contributed by atoms with Crippen LogP contribution in [0, 0.1) is 0 Å². The molecule has 0 aliphatic carbocycles. The lowest BCUT2D eigenvalue weighted by atomic mass is 9.98. The van der Waals surface area contributed by atoms with Crippen LogP contribution in [0.1, 0.15) is 63.5 Å². The molecule has 0 spiro atoms. The molecule has 3 aromatic carbocycles. The molecule has 2 atom stereocenters. The molecule has 35 heavy (non-hydrogen) atoms. The largest absolute Gasteiger partial charge is 0.484 e. The van der Waals surface area contributed by atoms with Crippen LogP contribution in [0.2, 0.25) is 5.02 Å². The van der Waals surface area contributed by atoms with Gasteiger partial charge in [0.05, 0.1) is 10.7 Å². The fourth-order valence-electron chi connectivity index (χ4n) is 3.83. The third-order valence-corrected chi connectivity index (χ3v) is 6.84. The van der Waals surface area contributed by atoms with Gasteiger partial charge in [0.1, 0.15) is 11.3 Å². The van der Waals surface area contributed by atoms with Crippen molar-refractivity contribution in [1.29, 1.82) is 0 Å². The van der Waals surface area contributed by atoms with Crippen molar-refractivity contribution in [2.75, 3.05) is 11.9 Å². The molecule has 6 heteroatoms. The number of nitrogens with zero attached hydrogens (tertiary/aromatic N) is 1. The van der Waals surface area contributed by atoms with Gasteiger partial charge in [-0.05, 0) is 78.3 Å². The molecule has 0 saturated carbocycles. The van der Waals surface area contributed by atoms with Gasteiger partial charge < -0.3 is 14.5 Å². The lowest BCUT2D eigenvalue weighted by Gasteiger charge is -2.11. The second-order valence-corrected chi connectivity index (χ2v) is 9.37. The first-order chi connectivity index (χ1) is 16.9. The van der Waals surface area contributed by atoms with Gasteiger partial charge >= 0.3 is 0 Å². The Morgan fingerprint density at radius 1 is 0.971 bits per heavy atom. The fraction of sp³-hybridized carbons (Fsp3) is 0.310. The monoisotopic (exact) mass is 490 g/mol. The van der Waals surface area contributed by atoms with Gasteiger partial charge in [-0.1, -0.05) is 57.5 Å². The number of hydrogen-bond donors (Lipinski definition) is 1. The first kappa shape index (κ1) is 24.8. The minimum absolute atomic E-state index is 0.121. The van der Waals surface area contributed by atoms with Crippen molar-refractivity contribution in [3.63, 3.8) is 0 Å². The highest BCUT2D eigenvalue weighted by molar-refractivity contribution is 6.33. The first-order valence-electron chi connectivity index (χ1n) is 12.1. The maximum atomic E-state index is 12.5. The summed E-state index contributed by atoms with van der Waals surface area (Å²) in [4.78, 5) is 17.2. The number of ether oxygens (including phenoxy) is 1. The predicted molar refractivity (Wildman–Crippen MR) is 142 cm³/mol.